The predicted octanol–water partition coefficient (Wildman–Crippen LogP) is 1.30. The lowest BCUT2D eigenvalue weighted by Crippen LogP contribution is -2.44. The summed E-state index contributed by atoms with van der Waals surface area (Å²) in [4.78, 5) is 0. The lowest BCUT2D eigenvalue weighted by molar-refractivity contribution is -0.0895. The molecule has 0 spiro atoms. The summed E-state index contributed by atoms with van der Waals surface area (Å²) in [5, 5.41) is 13.3. The van der Waals surface area contributed by atoms with Crippen LogP contribution in [-0.2, 0) is 4.74 Å². The van der Waals surface area contributed by atoms with Gasteiger partial charge in [-0.15, -0.1) is 0 Å². The molecule has 0 amide bonds. The molecule has 1 aliphatic carbocycles. The SMILES string of the molecule is CC(O)(CNC1CC1)COC(C)(C)C. The van der Waals surface area contributed by atoms with E-state index in [0.717, 1.165) is 0 Å². The fourth-order valence-electron chi connectivity index (χ4n) is 1.07. The molecule has 3 nitrogen and oxygen atoms in total. The van der Waals surface area contributed by atoms with Crippen molar-refractivity contribution < 1.29 is 9.84 Å². The van der Waals surface area contributed by atoms with Gasteiger partial charge in [0.05, 0.1) is 17.8 Å². The molecular formula is C11H23NO2. The van der Waals surface area contributed by atoms with Crippen molar-refractivity contribution in [1.29, 1.82) is 0 Å². The van der Waals surface area contributed by atoms with Gasteiger partial charge in [-0.25, -0.2) is 0 Å². The molecule has 0 radical (unpaired) electrons. The zero-order chi connectivity index (χ0) is 10.8. The number of nitrogens with one attached hydrogen (secondary N) is 1. The van der Waals surface area contributed by atoms with Crippen LogP contribution in [0.4, 0.5) is 0 Å². The zero-order valence-electron chi connectivity index (χ0n) is 9.76. The van der Waals surface area contributed by atoms with Gasteiger partial charge in [0.1, 0.15) is 0 Å². The number of hydrogen-bond acceptors (Lipinski definition) is 3. The monoisotopic (exact) mass is 201 g/mol. The third-order valence-electron chi connectivity index (χ3n) is 2.17. The van der Waals surface area contributed by atoms with Gasteiger partial charge >= 0.3 is 0 Å². The van der Waals surface area contributed by atoms with Crippen LogP contribution in [0.5, 0.6) is 0 Å². The summed E-state index contributed by atoms with van der Waals surface area (Å²) in [5.41, 5.74) is -0.931. The van der Waals surface area contributed by atoms with Crippen molar-refractivity contribution in [1.82, 2.24) is 5.32 Å². The van der Waals surface area contributed by atoms with E-state index in [4.69, 9.17) is 4.74 Å². The van der Waals surface area contributed by atoms with Crippen LogP contribution in [-0.4, -0.2) is 35.5 Å². The lowest BCUT2D eigenvalue weighted by atomic mass is 10.1. The van der Waals surface area contributed by atoms with Crippen molar-refractivity contribution in [3.05, 3.63) is 0 Å². The van der Waals surface area contributed by atoms with E-state index in [-0.39, 0.29) is 5.60 Å². The van der Waals surface area contributed by atoms with E-state index < -0.39 is 5.60 Å². The largest absolute Gasteiger partial charge is 0.386 e. The Hall–Kier alpha value is -0.120. The molecule has 1 rings (SSSR count). The third kappa shape index (κ3) is 5.58. The fourth-order valence-corrected chi connectivity index (χ4v) is 1.07. The van der Waals surface area contributed by atoms with Crippen LogP contribution in [0.1, 0.15) is 40.5 Å². The first kappa shape index (κ1) is 12.0. The lowest BCUT2D eigenvalue weighted by Gasteiger charge is -2.28. The molecule has 0 bridgehead atoms. The van der Waals surface area contributed by atoms with E-state index in [1.807, 2.05) is 27.7 Å². The van der Waals surface area contributed by atoms with Gasteiger partial charge in [-0.1, -0.05) is 0 Å². The molecular weight excluding hydrogens is 178 g/mol. The summed E-state index contributed by atoms with van der Waals surface area (Å²) in [6.45, 7) is 8.81. The first-order valence-corrected chi connectivity index (χ1v) is 5.38. The van der Waals surface area contributed by atoms with Gasteiger partial charge in [-0.3, -0.25) is 0 Å². The molecule has 1 fully saturated rings. The minimum absolute atomic E-state index is 0.177. The molecule has 1 saturated carbocycles. The van der Waals surface area contributed by atoms with Crippen molar-refractivity contribution in [2.75, 3.05) is 13.2 Å². The Balaban J connectivity index is 2.18. The smallest absolute Gasteiger partial charge is 0.0976 e. The molecule has 3 heteroatoms. The molecule has 0 heterocycles. The molecule has 0 aromatic carbocycles. The van der Waals surface area contributed by atoms with Crippen LogP contribution < -0.4 is 5.32 Å². The van der Waals surface area contributed by atoms with Crippen LogP contribution in [0.15, 0.2) is 0 Å². The second-order valence-corrected chi connectivity index (χ2v) is 5.55. The summed E-state index contributed by atoms with van der Waals surface area (Å²) in [6.07, 6.45) is 2.49. The number of aliphatic hydroxyl groups is 1. The van der Waals surface area contributed by atoms with E-state index in [1.165, 1.54) is 12.8 Å². The molecule has 1 atom stereocenters. The maximum absolute atomic E-state index is 9.97. The molecule has 84 valence electrons. The highest BCUT2D eigenvalue weighted by Gasteiger charge is 2.28. The minimum Gasteiger partial charge on any atom is -0.386 e. The Morgan fingerprint density at radius 2 is 1.86 bits per heavy atom. The second kappa shape index (κ2) is 4.17. The molecule has 0 aromatic heterocycles. The fraction of sp³-hybridized carbons (Fsp3) is 1.00. The number of hydrogen-bond donors (Lipinski definition) is 2. The zero-order valence-corrected chi connectivity index (χ0v) is 9.76. The topological polar surface area (TPSA) is 41.5 Å². The van der Waals surface area contributed by atoms with Gasteiger partial charge in [-0.05, 0) is 40.5 Å². The number of ether oxygens (including phenoxy) is 1. The summed E-state index contributed by atoms with van der Waals surface area (Å²) >= 11 is 0. The maximum atomic E-state index is 9.97. The van der Waals surface area contributed by atoms with E-state index in [2.05, 4.69) is 5.32 Å². The van der Waals surface area contributed by atoms with Gasteiger partial charge in [0.2, 0.25) is 0 Å². The average molecular weight is 201 g/mol. The molecule has 0 aliphatic heterocycles. The van der Waals surface area contributed by atoms with Crippen molar-refractivity contribution >= 4 is 0 Å². The normalized spacial score (nSPS) is 22.1. The van der Waals surface area contributed by atoms with Gasteiger partial charge in [0, 0.05) is 12.6 Å². The highest BCUT2D eigenvalue weighted by molar-refractivity contribution is 4.85. The van der Waals surface area contributed by atoms with Gasteiger partial charge in [0.15, 0.2) is 0 Å². The van der Waals surface area contributed by atoms with Crippen LogP contribution in [0.2, 0.25) is 0 Å². The molecule has 0 aromatic rings. The van der Waals surface area contributed by atoms with Crippen molar-refractivity contribution in [2.45, 2.75) is 57.8 Å². The number of rotatable bonds is 5. The summed E-state index contributed by atoms with van der Waals surface area (Å²) < 4.78 is 5.56. The van der Waals surface area contributed by atoms with Crippen LogP contribution >= 0.6 is 0 Å². The molecule has 14 heavy (non-hydrogen) atoms. The van der Waals surface area contributed by atoms with Gasteiger partial charge in [0.25, 0.3) is 0 Å². The van der Waals surface area contributed by atoms with E-state index in [0.29, 0.717) is 19.2 Å². The van der Waals surface area contributed by atoms with Crippen molar-refractivity contribution in [3.8, 4) is 0 Å². The average Bonchev–Trinajstić information content (AvgIpc) is 2.79. The first-order valence-electron chi connectivity index (χ1n) is 5.38. The third-order valence-corrected chi connectivity index (χ3v) is 2.17. The first-order chi connectivity index (χ1) is 6.29. The molecule has 1 aliphatic rings. The van der Waals surface area contributed by atoms with Gasteiger partial charge in [-0.2, -0.15) is 0 Å². The van der Waals surface area contributed by atoms with E-state index >= 15 is 0 Å². The molecule has 0 saturated heterocycles. The van der Waals surface area contributed by atoms with E-state index in [9.17, 15) is 5.11 Å². The van der Waals surface area contributed by atoms with Crippen LogP contribution in [0, 0.1) is 0 Å². The summed E-state index contributed by atoms with van der Waals surface area (Å²) in [6, 6.07) is 0.635. The minimum atomic E-state index is -0.754. The van der Waals surface area contributed by atoms with Crippen LogP contribution in [0.25, 0.3) is 0 Å². The maximum Gasteiger partial charge on any atom is 0.0976 e. The molecule has 1 unspecified atom stereocenters. The van der Waals surface area contributed by atoms with E-state index in [1.54, 1.807) is 0 Å². The predicted molar refractivity (Wildman–Crippen MR) is 57.4 cm³/mol. The molecule has 2 N–H and O–H groups in total. The Labute approximate surface area is 86.8 Å². The summed E-state index contributed by atoms with van der Waals surface area (Å²) in [5.74, 6) is 0. The Kier molecular flexibility index (Phi) is 3.56. The Morgan fingerprint density at radius 3 is 2.29 bits per heavy atom. The van der Waals surface area contributed by atoms with Crippen molar-refractivity contribution in [3.63, 3.8) is 0 Å². The van der Waals surface area contributed by atoms with Crippen molar-refractivity contribution in [2.24, 2.45) is 0 Å². The van der Waals surface area contributed by atoms with Crippen LogP contribution in [0.3, 0.4) is 0 Å². The quantitative estimate of drug-likeness (QED) is 0.704. The summed E-state index contributed by atoms with van der Waals surface area (Å²) in [7, 11) is 0. The highest BCUT2D eigenvalue weighted by Crippen LogP contribution is 2.20. The standard InChI is InChI=1S/C11H23NO2/c1-10(2,3)14-8-11(4,13)7-12-9-5-6-9/h9,12-13H,5-8H2,1-4H3. The Morgan fingerprint density at radius 1 is 1.29 bits per heavy atom. The Bertz CT molecular complexity index is 180. The van der Waals surface area contributed by atoms with Gasteiger partial charge < -0.3 is 15.2 Å². The second-order valence-electron chi connectivity index (χ2n) is 5.55. The highest BCUT2D eigenvalue weighted by atomic mass is 16.5.